The normalized spacial score (nSPS) is 18.6. The molecule has 0 aromatic heterocycles. The third-order valence-corrected chi connectivity index (χ3v) is 3.62. The van der Waals surface area contributed by atoms with Crippen LogP contribution in [0.2, 0.25) is 0 Å². The summed E-state index contributed by atoms with van der Waals surface area (Å²) in [7, 11) is 2.22. The van der Waals surface area contributed by atoms with Crippen LogP contribution < -0.4 is 0 Å². The highest BCUT2D eigenvalue weighted by atomic mass is 15.1. The minimum absolute atomic E-state index is 0.859. The average molecular weight is 215 g/mol. The number of benzene rings is 1. The molecule has 0 amide bonds. The molecular weight excluding hydrogens is 194 g/mol. The molecule has 1 nitrogen and oxygen atoms in total. The summed E-state index contributed by atoms with van der Waals surface area (Å²) in [5.74, 6) is 0.859. The van der Waals surface area contributed by atoms with Crippen LogP contribution in [0.3, 0.4) is 0 Å². The molecule has 0 spiro atoms. The Labute approximate surface area is 98.8 Å². The molecule has 1 aliphatic rings. The minimum atomic E-state index is 0.859. The second-order valence-electron chi connectivity index (χ2n) is 4.85. The third kappa shape index (κ3) is 2.73. The van der Waals surface area contributed by atoms with Crippen LogP contribution in [-0.4, -0.2) is 25.0 Å². The first kappa shape index (κ1) is 11.4. The van der Waals surface area contributed by atoms with E-state index in [0.717, 1.165) is 5.92 Å². The molecule has 0 unspecified atom stereocenters. The van der Waals surface area contributed by atoms with E-state index in [4.69, 9.17) is 0 Å². The van der Waals surface area contributed by atoms with E-state index in [0.29, 0.717) is 0 Å². The van der Waals surface area contributed by atoms with Gasteiger partial charge in [0.05, 0.1) is 0 Å². The minimum Gasteiger partial charge on any atom is -0.306 e. The van der Waals surface area contributed by atoms with Gasteiger partial charge in [-0.3, -0.25) is 0 Å². The molecule has 1 aromatic rings. The first-order valence-corrected chi connectivity index (χ1v) is 6.18. The van der Waals surface area contributed by atoms with Crippen LogP contribution in [0.25, 0.3) is 6.08 Å². The molecule has 86 valence electrons. The largest absolute Gasteiger partial charge is 0.306 e. The van der Waals surface area contributed by atoms with Crippen molar-refractivity contribution in [2.45, 2.75) is 19.3 Å². The van der Waals surface area contributed by atoms with E-state index < -0.39 is 0 Å². The van der Waals surface area contributed by atoms with Gasteiger partial charge in [0.15, 0.2) is 0 Å². The molecule has 1 aromatic carbocycles. The molecule has 0 bridgehead atoms. The lowest BCUT2D eigenvalue weighted by molar-refractivity contribution is 0.219. The second-order valence-corrected chi connectivity index (χ2v) is 4.85. The molecule has 0 aliphatic carbocycles. The monoisotopic (exact) mass is 215 g/mol. The van der Waals surface area contributed by atoms with Gasteiger partial charge in [-0.25, -0.2) is 0 Å². The number of rotatable bonds is 3. The summed E-state index contributed by atoms with van der Waals surface area (Å²) in [5.41, 5.74) is 2.77. The van der Waals surface area contributed by atoms with Crippen molar-refractivity contribution in [3.05, 3.63) is 42.0 Å². The van der Waals surface area contributed by atoms with Crippen molar-refractivity contribution in [2.75, 3.05) is 20.1 Å². The molecule has 1 saturated heterocycles. The van der Waals surface area contributed by atoms with Gasteiger partial charge in [0, 0.05) is 0 Å². The Balaban J connectivity index is 2.00. The van der Waals surface area contributed by atoms with Gasteiger partial charge in [-0.1, -0.05) is 36.9 Å². The van der Waals surface area contributed by atoms with E-state index in [1.165, 1.54) is 43.5 Å². The van der Waals surface area contributed by atoms with Crippen molar-refractivity contribution in [2.24, 2.45) is 5.92 Å². The van der Waals surface area contributed by atoms with Crippen LogP contribution in [0.15, 0.2) is 30.8 Å². The lowest BCUT2D eigenvalue weighted by Crippen LogP contribution is -2.31. The van der Waals surface area contributed by atoms with Crippen LogP contribution in [0.4, 0.5) is 0 Å². The maximum Gasteiger partial charge on any atom is -0.00190 e. The van der Waals surface area contributed by atoms with Gasteiger partial charge < -0.3 is 4.90 Å². The molecule has 0 radical (unpaired) electrons. The number of hydrogen-bond donors (Lipinski definition) is 0. The van der Waals surface area contributed by atoms with Gasteiger partial charge in [-0.15, -0.1) is 0 Å². The van der Waals surface area contributed by atoms with Crippen molar-refractivity contribution >= 4 is 6.08 Å². The fraction of sp³-hybridized carbons (Fsp3) is 0.467. The SMILES string of the molecule is C=Cc1ccccc1CC1CCN(C)CC1. The standard InChI is InChI=1S/C15H21N/c1-3-14-6-4-5-7-15(14)12-13-8-10-16(2)11-9-13/h3-7,13H,1,8-12H2,2H3. The molecular formula is C15H21N. The summed E-state index contributed by atoms with van der Waals surface area (Å²) in [6.07, 6.45) is 5.87. The summed E-state index contributed by atoms with van der Waals surface area (Å²) in [6.45, 7) is 6.39. The molecule has 1 heterocycles. The highest BCUT2D eigenvalue weighted by molar-refractivity contribution is 5.51. The Morgan fingerprint density at radius 2 is 2.00 bits per heavy atom. The van der Waals surface area contributed by atoms with Gasteiger partial charge in [-0.05, 0) is 56.4 Å². The quantitative estimate of drug-likeness (QED) is 0.748. The zero-order valence-corrected chi connectivity index (χ0v) is 10.2. The number of nitrogens with zero attached hydrogens (tertiary/aromatic N) is 1. The van der Waals surface area contributed by atoms with E-state index >= 15 is 0 Å². The molecule has 1 fully saturated rings. The Hall–Kier alpha value is -1.08. The van der Waals surface area contributed by atoms with Gasteiger partial charge in [0.25, 0.3) is 0 Å². The predicted octanol–water partition coefficient (Wildman–Crippen LogP) is 3.21. The highest BCUT2D eigenvalue weighted by Gasteiger charge is 2.17. The Bertz CT molecular complexity index is 348. The van der Waals surface area contributed by atoms with Crippen LogP contribution >= 0.6 is 0 Å². The maximum absolute atomic E-state index is 3.89. The third-order valence-electron chi connectivity index (χ3n) is 3.62. The summed E-state index contributed by atoms with van der Waals surface area (Å²) in [6, 6.07) is 8.64. The van der Waals surface area contributed by atoms with Crippen molar-refractivity contribution in [3.63, 3.8) is 0 Å². The van der Waals surface area contributed by atoms with Gasteiger partial charge in [0.1, 0.15) is 0 Å². The Morgan fingerprint density at radius 3 is 2.69 bits per heavy atom. The molecule has 16 heavy (non-hydrogen) atoms. The second kappa shape index (κ2) is 5.31. The summed E-state index contributed by atoms with van der Waals surface area (Å²) >= 11 is 0. The first-order chi connectivity index (χ1) is 7.79. The van der Waals surface area contributed by atoms with E-state index in [2.05, 4.69) is 42.8 Å². The van der Waals surface area contributed by atoms with Crippen LogP contribution in [0.5, 0.6) is 0 Å². The molecule has 1 heteroatoms. The van der Waals surface area contributed by atoms with Crippen molar-refractivity contribution < 1.29 is 0 Å². The van der Waals surface area contributed by atoms with Crippen molar-refractivity contribution in [1.82, 2.24) is 4.90 Å². The highest BCUT2D eigenvalue weighted by Crippen LogP contribution is 2.23. The van der Waals surface area contributed by atoms with Crippen LogP contribution in [0, 0.1) is 5.92 Å². The molecule has 2 rings (SSSR count). The fourth-order valence-corrected chi connectivity index (χ4v) is 2.50. The van der Waals surface area contributed by atoms with Crippen LogP contribution in [-0.2, 0) is 6.42 Å². The Kier molecular flexibility index (Phi) is 3.79. The van der Waals surface area contributed by atoms with Crippen molar-refractivity contribution in [1.29, 1.82) is 0 Å². The summed E-state index contributed by atoms with van der Waals surface area (Å²) < 4.78 is 0. The van der Waals surface area contributed by atoms with Gasteiger partial charge >= 0.3 is 0 Å². The van der Waals surface area contributed by atoms with Gasteiger partial charge in [-0.2, -0.15) is 0 Å². The summed E-state index contributed by atoms with van der Waals surface area (Å²) in [5, 5.41) is 0. The molecule has 1 aliphatic heterocycles. The van der Waals surface area contributed by atoms with Crippen molar-refractivity contribution in [3.8, 4) is 0 Å². The van der Waals surface area contributed by atoms with Gasteiger partial charge in [0.2, 0.25) is 0 Å². The number of hydrogen-bond acceptors (Lipinski definition) is 1. The fourth-order valence-electron chi connectivity index (χ4n) is 2.50. The summed E-state index contributed by atoms with van der Waals surface area (Å²) in [4.78, 5) is 2.43. The molecule has 0 atom stereocenters. The van der Waals surface area contributed by atoms with E-state index in [9.17, 15) is 0 Å². The maximum atomic E-state index is 3.89. The lowest BCUT2D eigenvalue weighted by Gasteiger charge is -2.29. The first-order valence-electron chi connectivity index (χ1n) is 6.18. The van der Waals surface area contributed by atoms with E-state index in [-0.39, 0.29) is 0 Å². The Morgan fingerprint density at radius 1 is 1.31 bits per heavy atom. The van der Waals surface area contributed by atoms with E-state index in [1.54, 1.807) is 0 Å². The smallest absolute Gasteiger partial charge is 0.00190 e. The van der Waals surface area contributed by atoms with Crippen LogP contribution in [0.1, 0.15) is 24.0 Å². The molecule has 0 N–H and O–H groups in total. The predicted molar refractivity (Wildman–Crippen MR) is 70.5 cm³/mol. The topological polar surface area (TPSA) is 3.24 Å². The number of piperidine rings is 1. The number of likely N-dealkylation sites (tertiary alicyclic amines) is 1. The zero-order valence-electron chi connectivity index (χ0n) is 10.2. The lowest BCUT2D eigenvalue weighted by atomic mass is 9.88. The average Bonchev–Trinajstić information content (AvgIpc) is 2.33. The molecule has 0 saturated carbocycles. The van der Waals surface area contributed by atoms with E-state index in [1.807, 2.05) is 6.08 Å². The zero-order chi connectivity index (χ0) is 11.4.